The lowest BCUT2D eigenvalue weighted by Gasteiger charge is -2.26. The van der Waals surface area contributed by atoms with E-state index in [-0.39, 0.29) is 11.7 Å². The molecule has 1 aromatic rings. The quantitative estimate of drug-likeness (QED) is 0.593. The zero-order chi connectivity index (χ0) is 14.9. The summed E-state index contributed by atoms with van der Waals surface area (Å²) in [4.78, 5) is 26.7. The van der Waals surface area contributed by atoms with Crippen molar-refractivity contribution in [2.75, 3.05) is 26.2 Å². The van der Waals surface area contributed by atoms with Gasteiger partial charge < -0.3 is 10.2 Å². The molecule has 1 saturated heterocycles. The van der Waals surface area contributed by atoms with Crippen LogP contribution in [0.25, 0.3) is 0 Å². The van der Waals surface area contributed by atoms with Crippen molar-refractivity contribution in [2.24, 2.45) is 0 Å². The van der Waals surface area contributed by atoms with Crippen molar-refractivity contribution in [3.63, 3.8) is 0 Å². The zero-order valence-corrected chi connectivity index (χ0v) is 13.3. The summed E-state index contributed by atoms with van der Waals surface area (Å²) < 4.78 is 0. The molecule has 1 aromatic heterocycles. The third-order valence-electron chi connectivity index (χ3n) is 3.80. The van der Waals surface area contributed by atoms with E-state index in [0.717, 1.165) is 17.8 Å². The predicted octanol–water partition coefficient (Wildman–Crippen LogP) is 2.70. The van der Waals surface area contributed by atoms with Crippen molar-refractivity contribution in [2.45, 2.75) is 38.5 Å². The summed E-state index contributed by atoms with van der Waals surface area (Å²) in [6.45, 7) is 4.17. The van der Waals surface area contributed by atoms with Gasteiger partial charge in [-0.15, -0.1) is 11.3 Å². The molecule has 0 spiro atoms. The van der Waals surface area contributed by atoms with Gasteiger partial charge in [0, 0.05) is 19.4 Å². The first-order valence-corrected chi connectivity index (χ1v) is 8.69. The van der Waals surface area contributed by atoms with Crippen molar-refractivity contribution in [3.8, 4) is 0 Å². The Morgan fingerprint density at radius 1 is 1.19 bits per heavy atom. The van der Waals surface area contributed by atoms with Gasteiger partial charge >= 0.3 is 0 Å². The van der Waals surface area contributed by atoms with Gasteiger partial charge in [0.05, 0.1) is 4.88 Å². The average Bonchev–Trinajstić information content (AvgIpc) is 3.05. The largest absolute Gasteiger partial charge is 0.356 e. The fourth-order valence-electron chi connectivity index (χ4n) is 2.59. The average molecular weight is 308 g/mol. The first kappa shape index (κ1) is 16.2. The SMILES string of the molecule is O=C(CCC(=O)c1cccs1)NCCCN1CCCCC1. The smallest absolute Gasteiger partial charge is 0.220 e. The van der Waals surface area contributed by atoms with Crippen molar-refractivity contribution >= 4 is 23.0 Å². The van der Waals surface area contributed by atoms with Crippen LogP contribution in [0.15, 0.2) is 17.5 Å². The van der Waals surface area contributed by atoms with Gasteiger partial charge in [-0.3, -0.25) is 9.59 Å². The number of nitrogens with zero attached hydrogens (tertiary/aromatic N) is 1. The van der Waals surface area contributed by atoms with Crippen LogP contribution < -0.4 is 5.32 Å². The van der Waals surface area contributed by atoms with Gasteiger partial charge in [0.2, 0.25) is 5.91 Å². The predicted molar refractivity (Wildman–Crippen MR) is 85.8 cm³/mol. The van der Waals surface area contributed by atoms with Crippen molar-refractivity contribution in [3.05, 3.63) is 22.4 Å². The van der Waals surface area contributed by atoms with Gasteiger partial charge in [0.1, 0.15) is 0 Å². The molecule has 116 valence electrons. The van der Waals surface area contributed by atoms with Gasteiger partial charge in [-0.2, -0.15) is 0 Å². The molecule has 0 unspecified atom stereocenters. The molecular formula is C16H24N2O2S. The van der Waals surface area contributed by atoms with E-state index in [4.69, 9.17) is 0 Å². The first-order chi connectivity index (χ1) is 10.3. The number of nitrogens with one attached hydrogen (secondary N) is 1. The maximum Gasteiger partial charge on any atom is 0.220 e. The molecule has 1 aliphatic rings. The van der Waals surface area contributed by atoms with Crippen molar-refractivity contribution in [1.29, 1.82) is 0 Å². The van der Waals surface area contributed by atoms with Crippen LogP contribution in [0.1, 0.15) is 48.2 Å². The molecule has 0 saturated carbocycles. The van der Waals surface area contributed by atoms with Gasteiger partial charge in [-0.25, -0.2) is 0 Å². The van der Waals surface area contributed by atoms with Crippen LogP contribution in [0.3, 0.4) is 0 Å². The molecule has 1 N–H and O–H groups in total. The molecule has 0 aliphatic carbocycles. The summed E-state index contributed by atoms with van der Waals surface area (Å²) in [5.41, 5.74) is 0. The lowest BCUT2D eigenvalue weighted by molar-refractivity contribution is -0.121. The van der Waals surface area contributed by atoms with Crippen LogP contribution in [0, 0.1) is 0 Å². The van der Waals surface area contributed by atoms with Crippen molar-refractivity contribution < 1.29 is 9.59 Å². The highest BCUT2D eigenvalue weighted by atomic mass is 32.1. The molecule has 1 aliphatic heterocycles. The lowest BCUT2D eigenvalue weighted by Crippen LogP contribution is -2.33. The third-order valence-corrected chi connectivity index (χ3v) is 4.71. The second-order valence-electron chi connectivity index (χ2n) is 5.51. The Labute approximate surface area is 130 Å². The molecule has 5 heteroatoms. The van der Waals surface area contributed by atoms with Crippen LogP contribution >= 0.6 is 11.3 Å². The first-order valence-electron chi connectivity index (χ1n) is 7.81. The molecular weight excluding hydrogens is 284 g/mol. The number of carbonyl (C=O) groups excluding carboxylic acids is 2. The highest BCUT2D eigenvalue weighted by Crippen LogP contribution is 2.12. The summed E-state index contributed by atoms with van der Waals surface area (Å²) in [5, 5.41) is 4.79. The normalized spacial score (nSPS) is 15.8. The molecule has 21 heavy (non-hydrogen) atoms. The summed E-state index contributed by atoms with van der Waals surface area (Å²) in [7, 11) is 0. The highest BCUT2D eigenvalue weighted by Gasteiger charge is 2.11. The summed E-state index contributed by atoms with van der Waals surface area (Å²) >= 11 is 1.43. The maximum absolute atomic E-state index is 11.8. The Morgan fingerprint density at radius 3 is 2.71 bits per heavy atom. The minimum atomic E-state index is -0.0152. The van der Waals surface area contributed by atoms with E-state index in [1.165, 1.54) is 43.7 Å². The summed E-state index contributed by atoms with van der Waals surface area (Å²) in [5.74, 6) is 0.0482. The second kappa shape index (κ2) is 8.95. The number of carbonyl (C=O) groups is 2. The molecule has 2 rings (SSSR count). The molecule has 1 amide bonds. The molecule has 0 atom stereocenters. The third kappa shape index (κ3) is 5.98. The van der Waals surface area contributed by atoms with Crippen LogP contribution in [0.2, 0.25) is 0 Å². The van der Waals surface area contributed by atoms with Crippen LogP contribution in [0.4, 0.5) is 0 Å². The van der Waals surface area contributed by atoms with Crippen LogP contribution in [-0.2, 0) is 4.79 Å². The maximum atomic E-state index is 11.8. The number of amides is 1. The van der Waals surface area contributed by atoms with E-state index in [9.17, 15) is 9.59 Å². The summed E-state index contributed by atoms with van der Waals surface area (Å²) in [6.07, 6.45) is 5.55. The molecule has 2 heterocycles. The molecule has 1 fully saturated rings. The van der Waals surface area contributed by atoms with E-state index in [1.54, 1.807) is 0 Å². The standard InChI is InChI=1S/C16H24N2O2S/c19-14(15-6-4-13-21-15)7-8-16(20)17-9-5-12-18-10-2-1-3-11-18/h4,6,13H,1-3,5,7-12H2,(H,17,20). The van der Waals surface area contributed by atoms with E-state index in [2.05, 4.69) is 10.2 Å². The Morgan fingerprint density at radius 2 is 2.00 bits per heavy atom. The number of thiophene rings is 1. The number of piperidine rings is 1. The number of Topliss-reactive ketones (excluding diaryl/α,β-unsaturated/α-hetero) is 1. The van der Waals surface area contributed by atoms with E-state index >= 15 is 0 Å². The monoisotopic (exact) mass is 308 g/mol. The Bertz CT molecular complexity index is 439. The molecule has 0 bridgehead atoms. The number of hydrogen-bond acceptors (Lipinski definition) is 4. The fourth-order valence-corrected chi connectivity index (χ4v) is 3.28. The number of likely N-dealkylation sites (tertiary alicyclic amines) is 1. The zero-order valence-electron chi connectivity index (χ0n) is 12.5. The van der Waals surface area contributed by atoms with Crippen LogP contribution in [0.5, 0.6) is 0 Å². The Balaban J connectivity index is 1.52. The fraction of sp³-hybridized carbons (Fsp3) is 0.625. The van der Waals surface area contributed by atoms with Gasteiger partial charge in [0.15, 0.2) is 5.78 Å². The molecule has 0 radical (unpaired) electrons. The lowest BCUT2D eigenvalue weighted by atomic mass is 10.1. The topological polar surface area (TPSA) is 49.4 Å². The van der Waals surface area contributed by atoms with E-state index in [0.29, 0.717) is 19.4 Å². The van der Waals surface area contributed by atoms with Gasteiger partial charge in [0.25, 0.3) is 0 Å². The second-order valence-corrected chi connectivity index (χ2v) is 6.45. The minimum absolute atomic E-state index is 0.0152. The summed E-state index contributed by atoms with van der Waals surface area (Å²) in [6, 6.07) is 3.67. The number of rotatable bonds is 8. The molecule has 4 nitrogen and oxygen atoms in total. The Kier molecular flexibility index (Phi) is 6.89. The van der Waals surface area contributed by atoms with Crippen molar-refractivity contribution in [1.82, 2.24) is 10.2 Å². The van der Waals surface area contributed by atoms with E-state index < -0.39 is 0 Å². The van der Waals surface area contributed by atoms with Gasteiger partial charge in [-0.05, 0) is 50.3 Å². The minimum Gasteiger partial charge on any atom is -0.356 e. The van der Waals surface area contributed by atoms with Gasteiger partial charge in [-0.1, -0.05) is 12.5 Å². The highest BCUT2D eigenvalue weighted by molar-refractivity contribution is 7.12. The Hall–Kier alpha value is -1.20. The van der Waals surface area contributed by atoms with E-state index in [1.807, 2.05) is 17.5 Å². The number of ketones is 1. The van der Waals surface area contributed by atoms with Crippen LogP contribution in [-0.4, -0.2) is 42.8 Å². The number of hydrogen-bond donors (Lipinski definition) is 1. The molecule has 0 aromatic carbocycles.